The molecule has 1 aromatic carbocycles. The first-order chi connectivity index (χ1) is 5.72. The van der Waals surface area contributed by atoms with Crippen molar-refractivity contribution in [2.24, 2.45) is 0 Å². The standard InChI is InChI=1S/C9H9ClFI/c10-3-1-2-7-4-8(11)6-9(12)5-7/h4-6H,1-3H2. The highest BCUT2D eigenvalue weighted by molar-refractivity contribution is 14.1. The molecule has 0 radical (unpaired) electrons. The van der Waals surface area contributed by atoms with Gasteiger partial charge in [-0.05, 0) is 59.2 Å². The van der Waals surface area contributed by atoms with Crippen LogP contribution in [0.4, 0.5) is 4.39 Å². The molecule has 0 N–H and O–H groups in total. The van der Waals surface area contributed by atoms with Crippen LogP contribution >= 0.6 is 34.2 Å². The fourth-order valence-electron chi connectivity index (χ4n) is 1.03. The molecule has 0 aliphatic carbocycles. The van der Waals surface area contributed by atoms with Gasteiger partial charge in [-0.2, -0.15) is 0 Å². The second kappa shape index (κ2) is 5.02. The smallest absolute Gasteiger partial charge is 0.124 e. The van der Waals surface area contributed by atoms with E-state index < -0.39 is 0 Å². The Morgan fingerprint density at radius 3 is 2.67 bits per heavy atom. The summed E-state index contributed by atoms with van der Waals surface area (Å²) in [6, 6.07) is 5.07. The molecular weight excluding hydrogens is 289 g/mol. The van der Waals surface area contributed by atoms with E-state index in [2.05, 4.69) is 22.6 Å². The van der Waals surface area contributed by atoms with Gasteiger partial charge in [-0.25, -0.2) is 4.39 Å². The molecule has 0 nitrogen and oxygen atoms in total. The minimum Gasteiger partial charge on any atom is -0.207 e. The van der Waals surface area contributed by atoms with Crippen molar-refractivity contribution < 1.29 is 4.39 Å². The zero-order chi connectivity index (χ0) is 8.97. The zero-order valence-corrected chi connectivity index (χ0v) is 9.40. The Bertz CT molecular complexity index is 242. The molecule has 0 aromatic heterocycles. The average Bonchev–Trinajstić information content (AvgIpc) is 1.99. The molecule has 3 heteroatoms. The van der Waals surface area contributed by atoms with E-state index >= 15 is 0 Å². The van der Waals surface area contributed by atoms with Crippen molar-refractivity contribution in [2.75, 3.05) is 5.88 Å². The summed E-state index contributed by atoms with van der Waals surface area (Å²) in [5, 5.41) is 0. The van der Waals surface area contributed by atoms with Gasteiger partial charge in [0.15, 0.2) is 0 Å². The van der Waals surface area contributed by atoms with Crippen LogP contribution in [0.5, 0.6) is 0 Å². The predicted molar refractivity (Wildman–Crippen MR) is 58.2 cm³/mol. The molecule has 0 spiro atoms. The average molecular weight is 299 g/mol. The first-order valence-electron chi connectivity index (χ1n) is 3.73. The van der Waals surface area contributed by atoms with Crippen LogP contribution in [-0.4, -0.2) is 5.88 Å². The van der Waals surface area contributed by atoms with Crippen LogP contribution in [0.15, 0.2) is 18.2 Å². The molecule has 0 unspecified atom stereocenters. The number of hydrogen-bond acceptors (Lipinski definition) is 0. The van der Waals surface area contributed by atoms with Crippen LogP contribution in [0.3, 0.4) is 0 Å². The van der Waals surface area contributed by atoms with Crippen molar-refractivity contribution in [1.29, 1.82) is 0 Å². The lowest BCUT2D eigenvalue weighted by Crippen LogP contribution is -1.89. The lowest BCUT2D eigenvalue weighted by molar-refractivity contribution is 0.624. The van der Waals surface area contributed by atoms with Gasteiger partial charge in [0.1, 0.15) is 5.82 Å². The molecule has 0 saturated carbocycles. The molecule has 12 heavy (non-hydrogen) atoms. The highest BCUT2D eigenvalue weighted by Crippen LogP contribution is 2.12. The summed E-state index contributed by atoms with van der Waals surface area (Å²) in [5.41, 5.74) is 1.03. The largest absolute Gasteiger partial charge is 0.207 e. The zero-order valence-electron chi connectivity index (χ0n) is 6.49. The molecule has 1 aromatic rings. The molecule has 0 bridgehead atoms. The van der Waals surface area contributed by atoms with Crippen molar-refractivity contribution in [3.63, 3.8) is 0 Å². The molecule has 0 amide bonds. The molecule has 0 heterocycles. The quantitative estimate of drug-likeness (QED) is 0.591. The summed E-state index contributed by atoms with van der Waals surface area (Å²) < 4.78 is 13.8. The molecule has 66 valence electrons. The van der Waals surface area contributed by atoms with Crippen LogP contribution in [0.1, 0.15) is 12.0 Å². The Hall–Kier alpha value is 0.170. The van der Waals surface area contributed by atoms with Gasteiger partial charge in [-0.1, -0.05) is 0 Å². The van der Waals surface area contributed by atoms with E-state index in [0.29, 0.717) is 5.88 Å². The van der Waals surface area contributed by atoms with E-state index in [-0.39, 0.29) is 5.82 Å². The van der Waals surface area contributed by atoms with Crippen LogP contribution in [0.2, 0.25) is 0 Å². The van der Waals surface area contributed by atoms with Crippen molar-refractivity contribution in [1.82, 2.24) is 0 Å². The Morgan fingerprint density at radius 2 is 2.08 bits per heavy atom. The number of rotatable bonds is 3. The molecule has 0 fully saturated rings. The first kappa shape index (κ1) is 10.3. The maximum absolute atomic E-state index is 12.8. The van der Waals surface area contributed by atoms with Crippen LogP contribution in [-0.2, 0) is 6.42 Å². The third-order valence-electron chi connectivity index (χ3n) is 1.52. The van der Waals surface area contributed by atoms with Gasteiger partial charge >= 0.3 is 0 Å². The topological polar surface area (TPSA) is 0 Å². The Balaban J connectivity index is 2.72. The summed E-state index contributed by atoms with van der Waals surface area (Å²) in [7, 11) is 0. The molecule has 0 aliphatic rings. The van der Waals surface area contributed by atoms with E-state index in [9.17, 15) is 4.39 Å². The fraction of sp³-hybridized carbons (Fsp3) is 0.333. The summed E-state index contributed by atoms with van der Waals surface area (Å²) in [6.45, 7) is 0. The van der Waals surface area contributed by atoms with Gasteiger partial charge in [0.2, 0.25) is 0 Å². The number of alkyl halides is 1. The van der Waals surface area contributed by atoms with Crippen molar-refractivity contribution in [3.8, 4) is 0 Å². The Morgan fingerprint density at radius 1 is 1.33 bits per heavy atom. The highest BCUT2D eigenvalue weighted by atomic mass is 127. The second-order valence-corrected chi connectivity index (χ2v) is 4.19. The summed E-state index contributed by atoms with van der Waals surface area (Å²) in [4.78, 5) is 0. The number of hydrogen-bond donors (Lipinski definition) is 0. The lowest BCUT2D eigenvalue weighted by atomic mass is 10.1. The maximum Gasteiger partial charge on any atom is 0.124 e. The van der Waals surface area contributed by atoms with Gasteiger partial charge in [-0.15, -0.1) is 11.6 Å². The minimum atomic E-state index is -0.161. The normalized spacial score (nSPS) is 10.2. The SMILES string of the molecule is Fc1cc(I)cc(CCCCl)c1. The van der Waals surface area contributed by atoms with E-state index in [4.69, 9.17) is 11.6 Å². The highest BCUT2D eigenvalue weighted by Gasteiger charge is 1.98. The Labute approximate surface area is 90.3 Å². The second-order valence-electron chi connectivity index (χ2n) is 2.57. The minimum absolute atomic E-state index is 0.161. The van der Waals surface area contributed by atoms with E-state index in [1.165, 1.54) is 6.07 Å². The fourth-order valence-corrected chi connectivity index (χ4v) is 1.86. The third kappa shape index (κ3) is 3.27. The molecule has 0 saturated heterocycles. The third-order valence-corrected chi connectivity index (χ3v) is 2.41. The lowest BCUT2D eigenvalue weighted by Gasteiger charge is -2.00. The van der Waals surface area contributed by atoms with Crippen molar-refractivity contribution in [2.45, 2.75) is 12.8 Å². The molecular formula is C9H9ClFI. The summed E-state index contributed by atoms with van der Waals surface area (Å²) >= 11 is 7.65. The molecule has 0 aliphatic heterocycles. The molecule has 1 rings (SSSR count). The number of benzene rings is 1. The Kier molecular flexibility index (Phi) is 4.29. The van der Waals surface area contributed by atoms with E-state index in [0.717, 1.165) is 22.0 Å². The van der Waals surface area contributed by atoms with Gasteiger partial charge in [-0.3, -0.25) is 0 Å². The van der Waals surface area contributed by atoms with Crippen molar-refractivity contribution >= 4 is 34.2 Å². The van der Waals surface area contributed by atoms with E-state index in [1.54, 1.807) is 6.07 Å². The first-order valence-corrected chi connectivity index (χ1v) is 5.34. The maximum atomic E-state index is 12.8. The van der Waals surface area contributed by atoms with Gasteiger partial charge in [0.25, 0.3) is 0 Å². The van der Waals surface area contributed by atoms with Crippen LogP contribution < -0.4 is 0 Å². The summed E-state index contributed by atoms with van der Waals surface area (Å²) in [5.74, 6) is 0.471. The van der Waals surface area contributed by atoms with Gasteiger partial charge in [0.05, 0.1) is 0 Å². The van der Waals surface area contributed by atoms with Crippen LogP contribution in [0, 0.1) is 9.39 Å². The van der Waals surface area contributed by atoms with Gasteiger partial charge in [0, 0.05) is 9.45 Å². The predicted octanol–water partition coefficient (Wildman–Crippen LogP) is 3.60. The van der Waals surface area contributed by atoms with Gasteiger partial charge < -0.3 is 0 Å². The monoisotopic (exact) mass is 298 g/mol. The molecule has 0 atom stereocenters. The summed E-state index contributed by atoms with van der Waals surface area (Å²) in [6.07, 6.45) is 1.76. The number of aryl methyl sites for hydroxylation is 1. The van der Waals surface area contributed by atoms with Crippen molar-refractivity contribution in [3.05, 3.63) is 33.1 Å². The van der Waals surface area contributed by atoms with Crippen LogP contribution in [0.25, 0.3) is 0 Å². The van der Waals surface area contributed by atoms with E-state index in [1.807, 2.05) is 6.07 Å². The number of halogens is 3.